The van der Waals surface area contributed by atoms with Gasteiger partial charge in [-0.1, -0.05) is 42.5 Å². The largest absolute Gasteiger partial charge is 0.573 e. The molecule has 0 saturated carbocycles. The molecule has 0 saturated heterocycles. The Labute approximate surface area is 167 Å². The normalized spacial score (nSPS) is 11.8. The quantitative estimate of drug-likeness (QED) is 0.520. The molecule has 29 heavy (non-hydrogen) atoms. The predicted octanol–water partition coefficient (Wildman–Crippen LogP) is 3.04. The second kappa shape index (κ2) is 10.4. The molecule has 9 heteroatoms. The molecule has 0 bridgehead atoms. The molecule has 3 N–H and O–H groups in total. The topological polar surface area (TPSA) is 80.0 Å². The number of benzene rings is 2. The van der Waals surface area contributed by atoms with Crippen molar-refractivity contribution in [1.82, 2.24) is 10.2 Å². The summed E-state index contributed by atoms with van der Waals surface area (Å²) >= 11 is 0. The van der Waals surface area contributed by atoms with E-state index in [4.69, 9.17) is 5.73 Å². The molecule has 6 nitrogen and oxygen atoms in total. The van der Waals surface area contributed by atoms with Crippen LogP contribution >= 0.6 is 0 Å². The highest BCUT2D eigenvalue weighted by Gasteiger charge is 2.30. The maximum Gasteiger partial charge on any atom is 0.573 e. The molecule has 0 unspecified atom stereocenters. The van der Waals surface area contributed by atoms with Crippen LogP contribution in [0.4, 0.5) is 13.2 Å². The second-order valence-corrected chi connectivity index (χ2v) is 6.14. The van der Waals surface area contributed by atoms with Gasteiger partial charge in [-0.2, -0.15) is 0 Å². The number of carbonyl (C=O) groups excluding carboxylic acids is 1. The molecule has 0 aliphatic carbocycles. The van der Waals surface area contributed by atoms with Crippen molar-refractivity contribution in [1.29, 1.82) is 0 Å². The number of alkyl halides is 3. The first-order valence-electron chi connectivity index (χ1n) is 8.97. The average molecular weight is 408 g/mol. The van der Waals surface area contributed by atoms with E-state index in [1.54, 1.807) is 4.90 Å². The molecular weight excluding hydrogens is 385 g/mol. The van der Waals surface area contributed by atoms with Gasteiger partial charge in [0.2, 0.25) is 5.91 Å². The minimum absolute atomic E-state index is 0.00559. The summed E-state index contributed by atoms with van der Waals surface area (Å²) in [5, 5.41) is 2.76. The molecule has 2 aromatic rings. The lowest BCUT2D eigenvalue weighted by molar-refractivity contribution is -0.274. The van der Waals surface area contributed by atoms with E-state index in [9.17, 15) is 18.0 Å². The van der Waals surface area contributed by atoms with Crippen molar-refractivity contribution in [3.05, 3.63) is 65.7 Å². The summed E-state index contributed by atoms with van der Waals surface area (Å²) in [7, 11) is 0. The first-order valence-corrected chi connectivity index (χ1v) is 8.97. The smallest absolute Gasteiger partial charge is 0.406 e. The number of nitrogens with one attached hydrogen (secondary N) is 1. The highest BCUT2D eigenvalue weighted by atomic mass is 19.4. The van der Waals surface area contributed by atoms with Crippen molar-refractivity contribution in [2.75, 3.05) is 13.1 Å². The van der Waals surface area contributed by atoms with E-state index in [-0.39, 0.29) is 30.7 Å². The van der Waals surface area contributed by atoms with E-state index in [0.29, 0.717) is 18.7 Å². The number of guanidine groups is 1. The van der Waals surface area contributed by atoms with Gasteiger partial charge in [0.05, 0.1) is 13.1 Å². The fourth-order valence-electron chi connectivity index (χ4n) is 2.49. The van der Waals surface area contributed by atoms with Crippen molar-refractivity contribution >= 4 is 11.9 Å². The van der Waals surface area contributed by atoms with Crippen LogP contribution in [0.5, 0.6) is 5.75 Å². The van der Waals surface area contributed by atoms with Crippen molar-refractivity contribution in [3.63, 3.8) is 0 Å². The number of ether oxygens (including phenoxy) is 1. The fraction of sp³-hybridized carbons (Fsp3) is 0.300. The monoisotopic (exact) mass is 408 g/mol. The SMILES string of the molecule is CCN(Cc1ccccc1)C(=O)CNC(N)=NCc1ccc(OC(F)(F)F)cc1. The van der Waals surface area contributed by atoms with Crippen LogP contribution in [-0.4, -0.2) is 36.2 Å². The van der Waals surface area contributed by atoms with Gasteiger partial charge in [0.25, 0.3) is 0 Å². The van der Waals surface area contributed by atoms with Crippen molar-refractivity contribution in [2.24, 2.45) is 10.7 Å². The first-order chi connectivity index (χ1) is 13.8. The molecule has 0 aliphatic rings. The third-order valence-corrected chi connectivity index (χ3v) is 3.96. The van der Waals surface area contributed by atoms with Crippen molar-refractivity contribution in [2.45, 2.75) is 26.4 Å². The van der Waals surface area contributed by atoms with Gasteiger partial charge in [-0.15, -0.1) is 13.2 Å². The van der Waals surface area contributed by atoms with Gasteiger partial charge in [0.1, 0.15) is 5.75 Å². The van der Waals surface area contributed by atoms with E-state index in [2.05, 4.69) is 15.0 Å². The zero-order valence-electron chi connectivity index (χ0n) is 15.9. The molecule has 2 aromatic carbocycles. The van der Waals surface area contributed by atoms with Crippen LogP contribution in [0.3, 0.4) is 0 Å². The van der Waals surface area contributed by atoms with Gasteiger partial charge in [0.15, 0.2) is 5.96 Å². The van der Waals surface area contributed by atoms with Crippen molar-refractivity contribution < 1.29 is 22.7 Å². The maximum absolute atomic E-state index is 12.4. The molecule has 0 spiro atoms. The number of likely N-dealkylation sites (N-methyl/N-ethyl adjacent to an activating group) is 1. The number of hydrogen-bond acceptors (Lipinski definition) is 3. The standard InChI is InChI=1S/C20H23F3N4O2/c1-2-27(14-16-6-4-3-5-7-16)18(28)13-26-19(24)25-12-15-8-10-17(11-9-15)29-20(21,22)23/h3-11H,2,12-14H2,1H3,(H3,24,25,26). The summed E-state index contributed by atoms with van der Waals surface area (Å²) in [5.74, 6) is -0.354. The molecule has 0 radical (unpaired) electrons. The van der Waals surface area contributed by atoms with Crippen LogP contribution in [0.15, 0.2) is 59.6 Å². The summed E-state index contributed by atoms with van der Waals surface area (Å²) in [4.78, 5) is 18.1. The Hall–Kier alpha value is -3.23. The number of amides is 1. The van der Waals surface area contributed by atoms with E-state index >= 15 is 0 Å². The van der Waals surface area contributed by atoms with Crippen LogP contribution in [0.1, 0.15) is 18.1 Å². The van der Waals surface area contributed by atoms with E-state index in [1.807, 2.05) is 37.3 Å². The number of carbonyl (C=O) groups is 1. The lowest BCUT2D eigenvalue weighted by Gasteiger charge is -2.21. The Morgan fingerprint density at radius 1 is 1.10 bits per heavy atom. The Morgan fingerprint density at radius 3 is 2.34 bits per heavy atom. The fourth-order valence-corrected chi connectivity index (χ4v) is 2.49. The lowest BCUT2D eigenvalue weighted by atomic mass is 10.2. The summed E-state index contributed by atoms with van der Waals surface area (Å²) in [6.45, 7) is 3.10. The zero-order chi connectivity index (χ0) is 21.3. The number of hydrogen-bond donors (Lipinski definition) is 2. The molecule has 0 heterocycles. The summed E-state index contributed by atoms with van der Waals surface area (Å²) < 4.78 is 40.3. The highest BCUT2D eigenvalue weighted by Crippen LogP contribution is 2.22. The second-order valence-electron chi connectivity index (χ2n) is 6.14. The van der Waals surface area contributed by atoms with E-state index in [0.717, 1.165) is 5.56 Å². The van der Waals surface area contributed by atoms with Crippen LogP contribution in [0.2, 0.25) is 0 Å². The highest BCUT2D eigenvalue weighted by molar-refractivity contribution is 5.85. The van der Waals surface area contributed by atoms with E-state index < -0.39 is 6.36 Å². The first kappa shape index (κ1) is 22.1. The number of rotatable bonds is 8. The maximum atomic E-state index is 12.4. The number of nitrogens with two attached hydrogens (primary N) is 1. The Morgan fingerprint density at radius 2 is 1.76 bits per heavy atom. The Bertz CT molecular complexity index is 809. The molecular formula is C20H23F3N4O2. The van der Waals surface area contributed by atoms with Gasteiger partial charge < -0.3 is 20.7 Å². The molecule has 0 aliphatic heterocycles. The predicted molar refractivity (Wildman–Crippen MR) is 104 cm³/mol. The number of aliphatic imine (C=N–C) groups is 1. The minimum Gasteiger partial charge on any atom is -0.406 e. The van der Waals surface area contributed by atoms with Gasteiger partial charge in [-0.25, -0.2) is 4.99 Å². The van der Waals surface area contributed by atoms with Crippen LogP contribution in [-0.2, 0) is 17.9 Å². The molecule has 2 rings (SSSR count). The van der Waals surface area contributed by atoms with Gasteiger partial charge in [-0.05, 0) is 30.2 Å². The minimum atomic E-state index is -4.73. The van der Waals surface area contributed by atoms with Gasteiger partial charge >= 0.3 is 6.36 Å². The van der Waals surface area contributed by atoms with Gasteiger partial charge in [0, 0.05) is 13.1 Å². The molecule has 1 amide bonds. The average Bonchev–Trinajstić information content (AvgIpc) is 2.69. The third kappa shape index (κ3) is 8.12. The molecule has 0 fully saturated rings. The Kier molecular flexibility index (Phi) is 7.88. The summed E-state index contributed by atoms with van der Waals surface area (Å²) in [6.07, 6.45) is -4.73. The number of nitrogens with zero attached hydrogens (tertiary/aromatic N) is 2. The summed E-state index contributed by atoms with van der Waals surface area (Å²) in [5.41, 5.74) is 7.45. The van der Waals surface area contributed by atoms with Crippen LogP contribution < -0.4 is 15.8 Å². The number of halogens is 3. The molecule has 156 valence electrons. The zero-order valence-corrected chi connectivity index (χ0v) is 15.9. The Balaban J connectivity index is 1.82. The van der Waals surface area contributed by atoms with Crippen LogP contribution in [0, 0.1) is 0 Å². The van der Waals surface area contributed by atoms with Gasteiger partial charge in [-0.3, -0.25) is 4.79 Å². The summed E-state index contributed by atoms with van der Waals surface area (Å²) in [6, 6.07) is 15.0. The molecule has 0 atom stereocenters. The van der Waals surface area contributed by atoms with Crippen molar-refractivity contribution in [3.8, 4) is 5.75 Å². The third-order valence-electron chi connectivity index (χ3n) is 3.96. The molecule has 0 aromatic heterocycles. The van der Waals surface area contributed by atoms with E-state index in [1.165, 1.54) is 24.3 Å². The lowest BCUT2D eigenvalue weighted by Crippen LogP contribution is -2.42. The van der Waals surface area contributed by atoms with Crippen LogP contribution in [0.25, 0.3) is 0 Å².